The summed E-state index contributed by atoms with van der Waals surface area (Å²) in [5.74, 6) is -1.88. The molecule has 0 radical (unpaired) electrons. The standard InChI is InChI=1S/C25H22FNO4S/c1-3-11-31-19-9-4-6-16(13-19)22(28)20-21(24-15(2)10-12-32-24)27(25(30)23(20)29)18-8-5-7-17(26)14-18/h4-10,12-14,21,28H,3,11H2,1-2H3/b22-20-. The van der Waals surface area contributed by atoms with E-state index >= 15 is 0 Å². The monoisotopic (exact) mass is 451 g/mol. The number of benzene rings is 2. The maximum atomic E-state index is 14.0. The molecule has 1 aliphatic rings. The van der Waals surface area contributed by atoms with Crippen LogP contribution in [0.5, 0.6) is 5.75 Å². The number of aliphatic hydroxyl groups excluding tert-OH is 1. The van der Waals surface area contributed by atoms with Crippen molar-refractivity contribution in [1.82, 2.24) is 0 Å². The Kier molecular flexibility index (Phi) is 6.10. The number of thiophene rings is 1. The summed E-state index contributed by atoms with van der Waals surface area (Å²) in [6.45, 7) is 4.38. The average molecular weight is 452 g/mol. The third-order valence-corrected chi connectivity index (χ3v) is 6.33. The van der Waals surface area contributed by atoms with Crippen molar-refractivity contribution in [3.8, 4) is 5.75 Å². The zero-order valence-electron chi connectivity index (χ0n) is 17.7. The lowest BCUT2D eigenvalue weighted by atomic mass is 9.98. The molecule has 1 atom stereocenters. The van der Waals surface area contributed by atoms with Crippen molar-refractivity contribution < 1.29 is 23.8 Å². The van der Waals surface area contributed by atoms with Gasteiger partial charge in [0.1, 0.15) is 23.4 Å². The molecule has 1 aliphatic heterocycles. The number of nitrogens with zero attached hydrogens (tertiary/aromatic N) is 1. The van der Waals surface area contributed by atoms with E-state index in [1.54, 1.807) is 30.3 Å². The summed E-state index contributed by atoms with van der Waals surface area (Å²) in [7, 11) is 0. The Morgan fingerprint density at radius 2 is 1.94 bits per heavy atom. The predicted molar refractivity (Wildman–Crippen MR) is 122 cm³/mol. The highest BCUT2D eigenvalue weighted by molar-refractivity contribution is 7.10. The number of Topliss-reactive ketones (excluding diaryl/α,β-unsaturated/α-hetero) is 1. The Balaban J connectivity index is 1.89. The molecule has 0 bridgehead atoms. The van der Waals surface area contributed by atoms with Gasteiger partial charge in [0.05, 0.1) is 12.2 Å². The smallest absolute Gasteiger partial charge is 0.300 e. The second kappa shape index (κ2) is 8.96. The van der Waals surface area contributed by atoms with E-state index in [1.165, 1.54) is 34.4 Å². The molecule has 164 valence electrons. The molecule has 1 amide bonds. The Labute approximate surface area is 189 Å². The van der Waals surface area contributed by atoms with Gasteiger partial charge in [-0.1, -0.05) is 25.1 Å². The molecule has 1 fully saturated rings. The number of carbonyl (C=O) groups excluding carboxylic acids is 2. The van der Waals surface area contributed by atoms with Crippen molar-refractivity contribution >= 4 is 34.5 Å². The predicted octanol–water partition coefficient (Wildman–Crippen LogP) is 5.61. The van der Waals surface area contributed by atoms with E-state index in [4.69, 9.17) is 4.74 Å². The van der Waals surface area contributed by atoms with Crippen LogP contribution in [0.2, 0.25) is 0 Å². The molecule has 7 heteroatoms. The molecule has 32 heavy (non-hydrogen) atoms. The van der Waals surface area contributed by atoms with Crippen molar-refractivity contribution in [3.63, 3.8) is 0 Å². The number of ketones is 1. The number of amides is 1. The lowest BCUT2D eigenvalue weighted by molar-refractivity contribution is -0.132. The van der Waals surface area contributed by atoms with Crippen LogP contribution in [-0.2, 0) is 9.59 Å². The summed E-state index contributed by atoms with van der Waals surface area (Å²) in [5.41, 5.74) is 1.46. The molecule has 5 nitrogen and oxygen atoms in total. The summed E-state index contributed by atoms with van der Waals surface area (Å²) in [5, 5.41) is 13.0. The third kappa shape index (κ3) is 3.91. The summed E-state index contributed by atoms with van der Waals surface area (Å²) in [6.07, 6.45) is 0.826. The Morgan fingerprint density at radius 1 is 1.16 bits per heavy atom. The number of hydrogen-bond acceptors (Lipinski definition) is 5. The van der Waals surface area contributed by atoms with Crippen molar-refractivity contribution in [2.75, 3.05) is 11.5 Å². The number of aryl methyl sites for hydroxylation is 1. The fourth-order valence-corrected chi connectivity index (χ4v) is 4.77. The molecular weight excluding hydrogens is 429 g/mol. The topological polar surface area (TPSA) is 66.8 Å². The normalized spacial score (nSPS) is 17.7. The van der Waals surface area contributed by atoms with Crippen molar-refractivity contribution in [1.29, 1.82) is 0 Å². The van der Waals surface area contributed by atoms with Crippen molar-refractivity contribution in [2.24, 2.45) is 0 Å². The molecule has 1 unspecified atom stereocenters. The largest absolute Gasteiger partial charge is 0.507 e. The first-order valence-corrected chi connectivity index (χ1v) is 11.1. The minimum Gasteiger partial charge on any atom is -0.507 e. The summed E-state index contributed by atoms with van der Waals surface area (Å²) in [6, 6.07) is 13.3. The van der Waals surface area contributed by atoms with E-state index in [0.717, 1.165) is 16.9 Å². The molecule has 0 saturated carbocycles. The number of halogens is 1. The van der Waals surface area contributed by atoms with E-state index in [-0.39, 0.29) is 17.0 Å². The molecule has 3 aromatic rings. The van der Waals surface area contributed by atoms with Gasteiger partial charge >= 0.3 is 0 Å². The van der Waals surface area contributed by atoms with Crippen LogP contribution in [0.4, 0.5) is 10.1 Å². The second-order valence-corrected chi connectivity index (χ2v) is 8.44. The molecule has 1 aromatic heterocycles. The maximum Gasteiger partial charge on any atom is 0.300 e. The van der Waals surface area contributed by atoms with Crippen molar-refractivity contribution in [3.05, 3.63) is 87.4 Å². The number of anilines is 1. The van der Waals surface area contributed by atoms with Gasteiger partial charge in [-0.3, -0.25) is 14.5 Å². The van der Waals surface area contributed by atoms with Crippen molar-refractivity contribution in [2.45, 2.75) is 26.3 Å². The Hall–Kier alpha value is -3.45. The Morgan fingerprint density at radius 3 is 2.62 bits per heavy atom. The molecule has 1 N–H and O–H groups in total. The summed E-state index contributed by atoms with van der Waals surface area (Å²) < 4.78 is 19.6. The van der Waals surface area contributed by atoms with Gasteiger partial charge in [-0.2, -0.15) is 0 Å². The van der Waals surface area contributed by atoms with Gasteiger partial charge in [0.15, 0.2) is 0 Å². The summed E-state index contributed by atoms with van der Waals surface area (Å²) >= 11 is 1.37. The fraction of sp³-hybridized carbons (Fsp3) is 0.200. The van der Waals surface area contributed by atoms with Gasteiger partial charge in [0.25, 0.3) is 11.7 Å². The van der Waals surface area contributed by atoms with E-state index in [2.05, 4.69) is 0 Å². The zero-order chi connectivity index (χ0) is 22.8. The van der Waals surface area contributed by atoms with Gasteiger partial charge in [0.2, 0.25) is 0 Å². The van der Waals surface area contributed by atoms with Gasteiger partial charge < -0.3 is 9.84 Å². The van der Waals surface area contributed by atoms with Gasteiger partial charge in [-0.05, 0) is 60.7 Å². The number of aliphatic hydroxyl groups is 1. The summed E-state index contributed by atoms with van der Waals surface area (Å²) in [4.78, 5) is 28.2. The molecular formula is C25H22FNO4S. The van der Waals surface area contributed by atoms with Crippen LogP contribution in [0.3, 0.4) is 0 Å². The highest BCUT2D eigenvalue weighted by Crippen LogP contribution is 2.45. The minimum absolute atomic E-state index is 0.0301. The first-order valence-electron chi connectivity index (χ1n) is 10.3. The molecule has 0 spiro atoms. The van der Waals surface area contributed by atoms with Gasteiger partial charge in [-0.15, -0.1) is 11.3 Å². The number of hydrogen-bond donors (Lipinski definition) is 1. The van der Waals surface area contributed by atoms with Crippen LogP contribution in [0.15, 0.2) is 65.6 Å². The Bertz CT molecular complexity index is 1220. The highest BCUT2D eigenvalue weighted by Gasteiger charge is 2.48. The van der Waals surface area contributed by atoms with Crippen LogP contribution in [0, 0.1) is 12.7 Å². The number of ether oxygens (including phenoxy) is 1. The van der Waals surface area contributed by atoms with Crippen LogP contribution >= 0.6 is 11.3 Å². The quantitative estimate of drug-likeness (QED) is 0.301. The third-order valence-electron chi connectivity index (χ3n) is 5.26. The number of carbonyl (C=O) groups is 2. The zero-order valence-corrected chi connectivity index (χ0v) is 18.5. The SMILES string of the molecule is CCCOc1cccc(/C(O)=C2/C(=O)C(=O)N(c3cccc(F)c3)C2c2sccc2C)c1. The molecule has 1 saturated heterocycles. The van der Waals surface area contributed by atoms with Crippen LogP contribution in [-0.4, -0.2) is 23.4 Å². The lowest BCUT2D eigenvalue weighted by Crippen LogP contribution is -2.29. The van der Waals surface area contributed by atoms with Crippen LogP contribution in [0.1, 0.15) is 35.4 Å². The van der Waals surface area contributed by atoms with Crippen LogP contribution in [0.25, 0.3) is 5.76 Å². The molecule has 4 rings (SSSR count). The highest BCUT2D eigenvalue weighted by atomic mass is 32.1. The molecule has 2 aromatic carbocycles. The molecule has 2 heterocycles. The first kappa shape index (κ1) is 21.8. The van der Waals surface area contributed by atoms with Gasteiger partial charge in [-0.25, -0.2) is 4.39 Å². The fourth-order valence-electron chi connectivity index (χ4n) is 3.75. The maximum absolute atomic E-state index is 14.0. The van der Waals surface area contributed by atoms with E-state index < -0.39 is 23.5 Å². The van der Waals surface area contributed by atoms with Gasteiger partial charge in [0, 0.05) is 16.1 Å². The van der Waals surface area contributed by atoms with E-state index in [1.807, 2.05) is 25.3 Å². The van der Waals surface area contributed by atoms with E-state index in [9.17, 15) is 19.1 Å². The van der Waals surface area contributed by atoms with E-state index in [0.29, 0.717) is 17.9 Å². The second-order valence-electron chi connectivity index (χ2n) is 7.49. The first-order chi connectivity index (χ1) is 15.4. The number of rotatable bonds is 6. The van der Waals surface area contributed by atoms with Crippen LogP contribution < -0.4 is 9.64 Å². The average Bonchev–Trinajstić information content (AvgIpc) is 3.32. The molecule has 0 aliphatic carbocycles. The minimum atomic E-state index is -0.864. The lowest BCUT2D eigenvalue weighted by Gasteiger charge is -2.25.